The monoisotopic (exact) mass is 201 g/mol. The molecule has 0 aromatic heterocycles. The summed E-state index contributed by atoms with van der Waals surface area (Å²) in [6.45, 7) is 2.24. The topological polar surface area (TPSA) is 40.5 Å². The van der Waals surface area contributed by atoms with Gasteiger partial charge in [0, 0.05) is 24.8 Å². The van der Waals surface area contributed by atoms with Crippen LogP contribution in [-0.4, -0.2) is 47.1 Å². The van der Waals surface area contributed by atoms with Crippen molar-refractivity contribution in [1.82, 2.24) is 4.90 Å². The molecule has 0 aromatic carbocycles. The van der Waals surface area contributed by atoms with Gasteiger partial charge in [0.15, 0.2) is 0 Å². The average Bonchev–Trinajstić information content (AvgIpc) is 2.51. The molecule has 2 fully saturated rings. The molecule has 2 heterocycles. The third-order valence-electron chi connectivity index (χ3n) is 3.06. The lowest BCUT2D eigenvalue weighted by Crippen LogP contribution is -2.22. The molecule has 0 aliphatic carbocycles. The number of carboxylic acids is 1. The lowest BCUT2D eigenvalue weighted by Gasteiger charge is -2.15. The van der Waals surface area contributed by atoms with Crippen molar-refractivity contribution >= 4 is 17.7 Å². The van der Waals surface area contributed by atoms with Crippen molar-refractivity contribution in [3.63, 3.8) is 0 Å². The van der Waals surface area contributed by atoms with Crippen molar-refractivity contribution < 1.29 is 9.90 Å². The molecule has 74 valence electrons. The van der Waals surface area contributed by atoms with Gasteiger partial charge >= 0.3 is 5.97 Å². The van der Waals surface area contributed by atoms with E-state index in [9.17, 15) is 4.79 Å². The highest BCUT2D eigenvalue weighted by atomic mass is 32.2. The number of rotatable bonds is 2. The molecule has 2 saturated heterocycles. The van der Waals surface area contributed by atoms with E-state index in [1.807, 2.05) is 11.8 Å². The summed E-state index contributed by atoms with van der Waals surface area (Å²) in [5, 5.41) is 9.44. The molecular formula is C9H15NO2S. The van der Waals surface area contributed by atoms with E-state index in [1.165, 1.54) is 0 Å². The number of nitrogens with zero attached hydrogens (tertiary/aromatic N) is 1. The molecule has 2 aliphatic heterocycles. The first-order chi connectivity index (χ1) is 6.16. The summed E-state index contributed by atoms with van der Waals surface area (Å²) >= 11 is 1.96. The fourth-order valence-corrected chi connectivity index (χ4v) is 4.20. The maximum absolute atomic E-state index is 10.6. The summed E-state index contributed by atoms with van der Waals surface area (Å²) in [4.78, 5) is 12.9. The molecule has 0 amide bonds. The maximum Gasteiger partial charge on any atom is 0.303 e. The molecule has 2 aliphatic rings. The van der Waals surface area contributed by atoms with Crippen LogP contribution in [0.3, 0.4) is 0 Å². The van der Waals surface area contributed by atoms with Crippen LogP contribution in [0.5, 0.6) is 0 Å². The van der Waals surface area contributed by atoms with Gasteiger partial charge in [-0.2, -0.15) is 11.8 Å². The van der Waals surface area contributed by atoms with Gasteiger partial charge in [0.25, 0.3) is 0 Å². The van der Waals surface area contributed by atoms with E-state index in [2.05, 4.69) is 11.9 Å². The van der Waals surface area contributed by atoms with Gasteiger partial charge in [0.05, 0.1) is 0 Å². The van der Waals surface area contributed by atoms with E-state index in [0.29, 0.717) is 23.5 Å². The molecule has 0 bridgehead atoms. The number of hydrogen-bond donors (Lipinski definition) is 1. The Labute approximate surface area is 82.5 Å². The minimum absolute atomic E-state index is 0.363. The molecule has 0 radical (unpaired) electrons. The molecule has 3 nitrogen and oxygen atoms in total. The number of carboxylic acid groups (broad SMARTS) is 1. The van der Waals surface area contributed by atoms with Crippen molar-refractivity contribution in [3.8, 4) is 0 Å². The second kappa shape index (κ2) is 3.50. The van der Waals surface area contributed by atoms with Crippen LogP contribution in [0.2, 0.25) is 0 Å². The van der Waals surface area contributed by atoms with Crippen molar-refractivity contribution in [1.29, 1.82) is 0 Å². The second-order valence-corrected chi connectivity index (χ2v) is 5.39. The predicted molar refractivity (Wildman–Crippen MR) is 53.0 cm³/mol. The zero-order chi connectivity index (χ0) is 9.42. The Kier molecular flexibility index (Phi) is 2.51. The number of fused-ring (bicyclic) bond motifs is 1. The smallest absolute Gasteiger partial charge is 0.303 e. The number of aliphatic carboxylic acids is 1. The lowest BCUT2D eigenvalue weighted by molar-refractivity contribution is -0.138. The molecule has 1 N–H and O–H groups in total. The first-order valence-corrected chi connectivity index (χ1v) is 5.73. The fraction of sp³-hybridized carbons (Fsp3) is 0.889. The van der Waals surface area contributed by atoms with E-state index < -0.39 is 5.97 Å². The summed E-state index contributed by atoms with van der Waals surface area (Å²) in [5.41, 5.74) is 0. The van der Waals surface area contributed by atoms with Crippen LogP contribution >= 0.6 is 11.8 Å². The predicted octanol–water partition coefficient (Wildman–Crippen LogP) is 0.754. The Morgan fingerprint density at radius 1 is 1.62 bits per heavy atom. The van der Waals surface area contributed by atoms with Gasteiger partial charge in [-0.15, -0.1) is 0 Å². The zero-order valence-corrected chi connectivity index (χ0v) is 8.59. The summed E-state index contributed by atoms with van der Waals surface area (Å²) in [7, 11) is 2.12. The number of thioether (sulfide) groups is 1. The SMILES string of the molecule is CN1CC2SCC(CC(=O)O)C2C1. The quantitative estimate of drug-likeness (QED) is 0.716. The molecule has 0 aromatic rings. The zero-order valence-electron chi connectivity index (χ0n) is 7.77. The highest BCUT2D eigenvalue weighted by Crippen LogP contribution is 2.42. The van der Waals surface area contributed by atoms with Gasteiger partial charge < -0.3 is 10.0 Å². The minimum atomic E-state index is -0.638. The third-order valence-corrected chi connectivity index (χ3v) is 4.61. The van der Waals surface area contributed by atoms with E-state index >= 15 is 0 Å². The normalized spacial score (nSPS) is 39.3. The van der Waals surface area contributed by atoms with Crippen LogP contribution in [0.25, 0.3) is 0 Å². The first kappa shape index (κ1) is 9.34. The Hall–Kier alpha value is -0.220. The standard InChI is InChI=1S/C9H15NO2S/c1-10-3-7-6(2-9(11)12)5-13-8(7)4-10/h6-8H,2-5H2,1H3,(H,11,12). The summed E-state index contributed by atoms with van der Waals surface area (Å²) in [6, 6.07) is 0. The Balaban J connectivity index is 1.96. The molecule has 3 atom stereocenters. The Morgan fingerprint density at radius 2 is 2.38 bits per heavy atom. The summed E-state index contributed by atoms with van der Waals surface area (Å²) in [6.07, 6.45) is 0.363. The van der Waals surface area contributed by atoms with Gasteiger partial charge in [-0.25, -0.2) is 0 Å². The molecular weight excluding hydrogens is 186 g/mol. The number of likely N-dealkylation sites (tertiary alicyclic amines) is 1. The van der Waals surface area contributed by atoms with Crippen molar-refractivity contribution in [2.24, 2.45) is 11.8 Å². The van der Waals surface area contributed by atoms with E-state index in [0.717, 1.165) is 18.8 Å². The maximum atomic E-state index is 10.6. The second-order valence-electron chi connectivity index (χ2n) is 4.11. The van der Waals surface area contributed by atoms with Crippen LogP contribution in [0.15, 0.2) is 0 Å². The van der Waals surface area contributed by atoms with Gasteiger partial charge in [0.2, 0.25) is 0 Å². The average molecular weight is 201 g/mol. The molecule has 0 spiro atoms. The van der Waals surface area contributed by atoms with Gasteiger partial charge in [0.1, 0.15) is 0 Å². The van der Waals surface area contributed by atoms with Crippen LogP contribution in [0.1, 0.15) is 6.42 Å². The van der Waals surface area contributed by atoms with Crippen molar-refractivity contribution in [3.05, 3.63) is 0 Å². The van der Waals surface area contributed by atoms with Crippen LogP contribution in [0, 0.1) is 11.8 Å². The molecule has 13 heavy (non-hydrogen) atoms. The number of hydrogen-bond acceptors (Lipinski definition) is 3. The molecule has 2 rings (SSSR count). The first-order valence-electron chi connectivity index (χ1n) is 4.68. The van der Waals surface area contributed by atoms with Crippen LogP contribution in [-0.2, 0) is 4.79 Å². The lowest BCUT2D eigenvalue weighted by atomic mass is 9.91. The largest absolute Gasteiger partial charge is 0.481 e. The van der Waals surface area contributed by atoms with Crippen LogP contribution < -0.4 is 0 Å². The summed E-state index contributed by atoms with van der Waals surface area (Å²) < 4.78 is 0. The summed E-state index contributed by atoms with van der Waals surface area (Å²) in [5.74, 6) is 1.46. The molecule has 0 saturated carbocycles. The minimum Gasteiger partial charge on any atom is -0.481 e. The van der Waals surface area contributed by atoms with Gasteiger partial charge in [-0.1, -0.05) is 0 Å². The highest BCUT2D eigenvalue weighted by molar-refractivity contribution is 8.00. The van der Waals surface area contributed by atoms with Crippen molar-refractivity contribution in [2.75, 3.05) is 25.9 Å². The fourth-order valence-electron chi connectivity index (χ4n) is 2.43. The Morgan fingerprint density at radius 3 is 3.08 bits per heavy atom. The van der Waals surface area contributed by atoms with E-state index in [4.69, 9.17) is 5.11 Å². The van der Waals surface area contributed by atoms with E-state index in [1.54, 1.807) is 0 Å². The highest BCUT2D eigenvalue weighted by Gasteiger charge is 2.42. The third kappa shape index (κ3) is 1.83. The molecule has 3 unspecified atom stereocenters. The van der Waals surface area contributed by atoms with Crippen LogP contribution in [0.4, 0.5) is 0 Å². The molecule has 4 heteroatoms. The van der Waals surface area contributed by atoms with E-state index in [-0.39, 0.29) is 0 Å². The van der Waals surface area contributed by atoms with Gasteiger partial charge in [-0.05, 0) is 24.6 Å². The Bertz CT molecular complexity index is 222. The number of carbonyl (C=O) groups is 1. The van der Waals surface area contributed by atoms with Crippen molar-refractivity contribution in [2.45, 2.75) is 11.7 Å². The van der Waals surface area contributed by atoms with Gasteiger partial charge in [-0.3, -0.25) is 4.79 Å².